The van der Waals surface area contributed by atoms with E-state index in [2.05, 4.69) is 56.6 Å². The lowest BCUT2D eigenvalue weighted by Gasteiger charge is -2.31. The summed E-state index contributed by atoms with van der Waals surface area (Å²) < 4.78 is 0. The first kappa shape index (κ1) is 18.3. The SMILES string of the molecule is CCN(CC)C(N)=NCC(C)(C)N(C)C.I. The van der Waals surface area contributed by atoms with Crippen LogP contribution in [0.4, 0.5) is 0 Å². The number of nitrogens with zero attached hydrogens (tertiary/aromatic N) is 3. The average molecular weight is 342 g/mol. The standard InChI is InChI=1S/C11H26N4.HI/c1-7-15(8-2)10(12)13-9-11(3,4)14(5)6;/h7-9H2,1-6H3,(H2,12,13);1H. The maximum absolute atomic E-state index is 5.90. The molecule has 0 amide bonds. The van der Waals surface area contributed by atoms with Gasteiger partial charge >= 0.3 is 0 Å². The van der Waals surface area contributed by atoms with E-state index in [9.17, 15) is 0 Å². The lowest BCUT2D eigenvalue weighted by atomic mass is 10.1. The highest BCUT2D eigenvalue weighted by Gasteiger charge is 2.20. The molecule has 0 aromatic carbocycles. The molecule has 0 spiro atoms. The summed E-state index contributed by atoms with van der Waals surface area (Å²) in [7, 11) is 4.12. The van der Waals surface area contributed by atoms with Crippen molar-refractivity contribution in [3.8, 4) is 0 Å². The Balaban J connectivity index is 0. The van der Waals surface area contributed by atoms with Crippen molar-refractivity contribution in [2.45, 2.75) is 33.2 Å². The zero-order chi connectivity index (χ0) is 12.1. The second-order valence-corrected chi connectivity index (χ2v) is 4.55. The highest BCUT2D eigenvalue weighted by Crippen LogP contribution is 2.09. The highest BCUT2D eigenvalue weighted by atomic mass is 127. The smallest absolute Gasteiger partial charge is 0.191 e. The molecule has 0 unspecified atom stereocenters. The Hall–Kier alpha value is -0.0400. The summed E-state index contributed by atoms with van der Waals surface area (Å²) in [5, 5.41) is 0. The largest absolute Gasteiger partial charge is 0.370 e. The number of likely N-dealkylation sites (N-methyl/N-ethyl adjacent to an activating group) is 1. The van der Waals surface area contributed by atoms with Crippen LogP contribution in [-0.4, -0.2) is 55.0 Å². The van der Waals surface area contributed by atoms with Crippen LogP contribution in [0.5, 0.6) is 0 Å². The molecule has 0 saturated carbocycles. The summed E-state index contributed by atoms with van der Waals surface area (Å²) in [4.78, 5) is 8.66. The van der Waals surface area contributed by atoms with Crippen molar-refractivity contribution in [2.75, 3.05) is 33.7 Å². The Morgan fingerprint density at radius 1 is 1.19 bits per heavy atom. The molecule has 0 aromatic rings. The minimum absolute atomic E-state index is 0. The lowest BCUT2D eigenvalue weighted by molar-refractivity contribution is 0.204. The second kappa shape index (κ2) is 8.11. The van der Waals surface area contributed by atoms with Crippen LogP contribution in [0, 0.1) is 0 Å². The third-order valence-corrected chi connectivity index (χ3v) is 2.93. The van der Waals surface area contributed by atoms with Crippen LogP contribution >= 0.6 is 24.0 Å². The molecule has 0 rings (SSSR count). The van der Waals surface area contributed by atoms with Crippen molar-refractivity contribution in [1.82, 2.24) is 9.80 Å². The predicted octanol–water partition coefficient (Wildman–Crippen LogP) is 1.60. The molecule has 0 radical (unpaired) electrons. The molecule has 0 saturated heterocycles. The van der Waals surface area contributed by atoms with Gasteiger partial charge < -0.3 is 15.5 Å². The molecule has 5 heteroatoms. The third-order valence-electron chi connectivity index (χ3n) is 2.93. The highest BCUT2D eigenvalue weighted by molar-refractivity contribution is 14.0. The topological polar surface area (TPSA) is 44.9 Å². The molecule has 0 aliphatic rings. The number of nitrogens with two attached hydrogens (primary N) is 1. The summed E-state index contributed by atoms with van der Waals surface area (Å²) in [6, 6.07) is 0. The molecule has 98 valence electrons. The monoisotopic (exact) mass is 342 g/mol. The quantitative estimate of drug-likeness (QED) is 0.469. The molecule has 0 aliphatic heterocycles. The van der Waals surface area contributed by atoms with Crippen molar-refractivity contribution >= 4 is 29.9 Å². The van der Waals surface area contributed by atoms with Gasteiger partial charge in [-0.3, -0.25) is 4.99 Å². The molecule has 0 fully saturated rings. The van der Waals surface area contributed by atoms with Crippen LogP contribution in [0.2, 0.25) is 0 Å². The van der Waals surface area contributed by atoms with Gasteiger partial charge in [-0.15, -0.1) is 24.0 Å². The molecule has 0 aliphatic carbocycles. The molecule has 0 aromatic heterocycles. The van der Waals surface area contributed by atoms with E-state index >= 15 is 0 Å². The zero-order valence-corrected chi connectivity index (χ0v) is 13.8. The van der Waals surface area contributed by atoms with Crippen molar-refractivity contribution in [3.63, 3.8) is 0 Å². The van der Waals surface area contributed by atoms with Crippen LogP contribution < -0.4 is 5.73 Å². The van der Waals surface area contributed by atoms with E-state index in [1.807, 2.05) is 0 Å². The van der Waals surface area contributed by atoms with Crippen LogP contribution in [0.1, 0.15) is 27.7 Å². The van der Waals surface area contributed by atoms with Crippen molar-refractivity contribution in [3.05, 3.63) is 0 Å². The average Bonchev–Trinajstić information content (AvgIpc) is 2.16. The van der Waals surface area contributed by atoms with Gasteiger partial charge in [0, 0.05) is 18.6 Å². The van der Waals surface area contributed by atoms with E-state index in [1.165, 1.54) is 0 Å². The van der Waals surface area contributed by atoms with E-state index in [0.717, 1.165) is 19.6 Å². The third kappa shape index (κ3) is 5.89. The van der Waals surface area contributed by atoms with Crippen LogP contribution in [0.3, 0.4) is 0 Å². The van der Waals surface area contributed by atoms with E-state index in [-0.39, 0.29) is 29.5 Å². The first-order chi connectivity index (χ1) is 6.85. The summed E-state index contributed by atoms with van der Waals surface area (Å²) in [5.74, 6) is 0.648. The minimum atomic E-state index is 0. The van der Waals surface area contributed by atoms with Gasteiger partial charge in [0.15, 0.2) is 5.96 Å². The molecule has 2 N–H and O–H groups in total. The van der Waals surface area contributed by atoms with Gasteiger partial charge in [0.1, 0.15) is 0 Å². The summed E-state index contributed by atoms with van der Waals surface area (Å²) in [6.45, 7) is 11.0. The van der Waals surface area contributed by atoms with E-state index in [4.69, 9.17) is 5.73 Å². The molecular formula is C11H27IN4. The minimum Gasteiger partial charge on any atom is -0.370 e. The number of hydrogen-bond acceptors (Lipinski definition) is 2. The summed E-state index contributed by atoms with van der Waals surface area (Å²) >= 11 is 0. The number of hydrogen-bond donors (Lipinski definition) is 1. The summed E-state index contributed by atoms with van der Waals surface area (Å²) in [6.07, 6.45) is 0. The van der Waals surface area contributed by atoms with Crippen LogP contribution in [0.25, 0.3) is 0 Å². The molecule has 16 heavy (non-hydrogen) atoms. The van der Waals surface area contributed by atoms with Crippen molar-refractivity contribution in [1.29, 1.82) is 0 Å². The van der Waals surface area contributed by atoms with Gasteiger partial charge in [0.25, 0.3) is 0 Å². The van der Waals surface area contributed by atoms with Gasteiger partial charge in [-0.1, -0.05) is 0 Å². The maximum Gasteiger partial charge on any atom is 0.191 e. The zero-order valence-electron chi connectivity index (χ0n) is 11.4. The number of aliphatic imine (C=N–C) groups is 1. The normalized spacial score (nSPS) is 12.6. The van der Waals surface area contributed by atoms with Gasteiger partial charge in [0.05, 0.1) is 6.54 Å². The number of guanidine groups is 1. The molecule has 4 nitrogen and oxygen atoms in total. The van der Waals surface area contributed by atoms with E-state index in [1.54, 1.807) is 0 Å². The fourth-order valence-corrected chi connectivity index (χ4v) is 1.06. The number of halogens is 1. The van der Waals surface area contributed by atoms with Crippen LogP contribution in [-0.2, 0) is 0 Å². The van der Waals surface area contributed by atoms with Crippen molar-refractivity contribution < 1.29 is 0 Å². The Labute approximate surface area is 117 Å². The van der Waals surface area contributed by atoms with Gasteiger partial charge in [-0.25, -0.2) is 0 Å². The van der Waals surface area contributed by atoms with Gasteiger partial charge in [-0.2, -0.15) is 0 Å². The first-order valence-electron chi connectivity index (χ1n) is 5.57. The Morgan fingerprint density at radius 3 is 1.94 bits per heavy atom. The lowest BCUT2D eigenvalue weighted by Crippen LogP contribution is -2.43. The van der Waals surface area contributed by atoms with Crippen LogP contribution in [0.15, 0.2) is 4.99 Å². The first-order valence-corrected chi connectivity index (χ1v) is 5.57. The van der Waals surface area contributed by atoms with Crippen molar-refractivity contribution in [2.24, 2.45) is 10.7 Å². The Bertz CT molecular complexity index is 210. The number of rotatable bonds is 5. The van der Waals surface area contributed by atoms with Gasteiger partial charge in [-0.05, 0) is 41.8 Å². The maximum atomic E-state index is 5.90. The second-order valence-electron chi connectivity index (χ2n) is 4.55. The molecular weight excluding hydrogens is 315 g/mol. The van der Waals surface area contributed by atoms with E-state index < -0.39 is 0 Å². The Kier molecular flexibility index (Phi) is 9.29. The van der Waals surface area contributed by atoms with E-state index in [0.29, 0.717) is 5.96 Å². The Morgan fingerprint density at radius 2 is 1.62 bits per heavy atom. The molecule has 0 heterocycles. The van der Waals surface area contributed by atoms with Gasteiger partial charge in [0.2, 0.25) is 0 Å². The fraction of sp³-hybridized carbons (Fsp3) is 0.909. The predicted molar refractivity (Wildman–Crippen MR) is 82.6 cm³/mol. The molecule has 0 bridgehead atoms. The fourth-order valence-electron chi connectivity index (χ4n) is 1.06. The summed E-state index contributed by atoms with van der Waals surface area (Å²) in [5.41, 5.74) is 5.96. The molecule has 0 atom stereocenters.